The number of thiophene rings is 1. The van der Waals surface area contributed by atoms with Crippen molar-refractivity contribution in [1.82, 2.24) is 4.57 Å². The van der Waals surface area contributed by atoms with Crippen LogP contribution in [0.15, 0.2) is 168 Å². The van der Waals surface area contributed by atoms with E-state index in [0.29, 0.717) is 0 Å². The number of hydrogen-bond donors (Lipinski definition) is 0. The summed E-state index contributed by atoms with van der Waals surface area (Å²) < 4.78 is 11.7. The van der Waals surface area contributed by atoms with E-state index in [0.717, 1.165) is 33.1 Å². The highest BCUT2D eigenvalue weighted by Crippen LogP contribution is 2.45. The fourth-order valence-electron chi connectivity index (χ4n) is 7.27. The fourth-order valence-corrected chi connectivity index (χ4v) is 8.48. The highest BCUT2D eigenvalue weighted by molar-refractivity contribution is 7.26. The third kappa shape index (κ3) is 4.04. The summed E-state index contributed by atoms with van der Waals surface area (Å²) in [6, 6.07) is 58.7. The summed E-state index contributed by atoms with van der Waals surface area (Å²) in [5, 5.41) is 4.83. The number of nitrogens with zero attached hydrogens (tertiary/aromatic N) is 1. The number of benzene rings is 7. The lowest BCUT2D eigenvalue weighted by atomic mass is 9.93. The van der Waals surface area contributed by atoms with Crippen LogP contribution in [0.1, 0.15) is 0 Å². The summed E-state index contributed by atoms with van der Waals surface area (Å²) in [6.07, 6.45) is 0. The van der Waals surface area contributed by atoms with Crippen LogP contribution in [0.4, 0.5) is 0 Å². The predicted molar refractivity (Wildman–Crippen MR) is 200 cm³/mol. The van der Waals surface area contributed by atoms with Gasteiger partial charge in [-0.1, -0.05) is 121 Å². The summed E-state index contributed by atoms with van der Waals surface area (Å²) in [6.45, 7) is 0. The topological polar surface area (TPSA) is 18.1 Å². The Morgan fingerprint density at radius 1 is 0.447 bits per heavy atom. The van der Waals surface area contributed by atoms with E-state index in [4.69, 9.17) is 4.42 Å². The Morgan fingerprint density at radius 2 is 1.13 bits per heavy atom. The molecule has 0 aliphatic rings. The summed E-state index contributed by atoms with van der Waals surface area (Å²) in [5.41, 5.74) is 12.5. The van der Waals surface area contributed by atoms with Gasteiger partial charge in [-0.3, -0.25) is 0 Å². The zero-order chi connectivity index (χ0) is 30.9. The van der Waals surface area contributed by atoms with Crippen LogP contribution < -0.4 is 0 Å². The van der Waals surface area contributed by atoms with Crippen LogP contribution >= 0.6 is 11.3 Å². The van der Waals surface area contributed by atoms with E-state index in [-0.39, 0.29) is 0 Å². The number of fused-ring (bicyclic) bond motifs is 8. The van der Waals surface area contributed by atoms with Gasteiger partial charge >= 0.3 is 0 Å². The van der Waals surface area contributed by atoms with E-state index in [1.54, 1.807) is 0 Å². The second kappa shape index (κ2) is 10.3. The zero-order valence-electron chi connectivity index (χ0n) is 25.4. The van der Waals surface area contributed by atoms with Crippen LogP contribution in [0.3, 0.4) is 0 Å². The molecule has 0 aliphatic heterocycles. The van der Waals surface area contributed by atoms with Crippen LogP contribution in [0.5, 0.6) is 0 Å². The van der Waals surface area contributed by atoms with Gasteiger partial charge in [-0.05, 0) is 70.3 Å². The second-order valence-electron chi connectivity index (χ2n) is 12.1. The van der Waals surface area contributed by atoms with Crippen molar-refractivity contribution in [3.8, 4) is 39.1 Å². The minimum Gasteiger partial charge on any atom is -0.455 e. The molecule has 3 aromatic heterocycles. The molecule has 47 heavy (non-hydrogen) atoms. The minimum absolute atomic E-state index is 0.903. The fraction of sp³-hybridized carbons (Fsp3) is 0. The van der Waals surface area contributed by atoms with Gasteiger partial charge in [-0.2, -0.15) is 0 Å². The monoisotopic (exact) mass is 617 g/mol. The first-order valence-electron chi connectivity index (χ1n) is 15.9. The van der Waals surface area contributed by atoms with Gasteiger partial charge < -0.3 is 8.98 Å². The van der Waals surface area contributed by atoms with Gasteiger partial charge in [0.1, 0.15) is 11.2 Å². The quantitative estimate of drug-likeness (QED) is 0.192. The molecule has 3 heterocycles. The largest absolute Gasteiger partial charge is 0.455 e. The Labute approximate surface area is 275 Å². The standard InChI is InChI=1S/C44H27NOS/c1-3-12-28(13-4-1)29-22-24-40-37(26-29)35-20-11-19-34(43(35)46-40)33-17-8-7-16-32(33)30-23-25-41-38(27-30)42-44(47-41)36-18-9-10-21-39(36)45(42)31-14-5-2-6-15-31/h1-27H. The van der Waals surface area contributed by atoms with Gasteiger partial charge in [-0.15, -0.1) is 11.3 Å². The van der Waals surface area contributed by atoms with E-state index < -0.39 is 0 Å². The lowest BCUT2D eigenvalue weighted by molar-refractivity contribution is 0.670. The normalized spacial score (nSPS) is 11.8. The molecule has 0 aliphatic carbocycles. The Kier molecular flexibility index (Phi) is 5.78. The van der Waals surface area contributed by atoms with Crippen LogP contribution in [0.2, 0.25) is 0 Å². The minimum atomic E-state index is 0.903. The summed E-state index contributed by atoms with van der Waals surface area (Å²) in [4.78, 5) is 0. The van der Waals surface area contributed by atoms with Gasteiger partial charge in [0, 0.05) is 37.5 Å². The maximum atomic E-state index is 6.63. The molecule has 0 bridgehead atoms. The number of para-hydroxylation sites is 3. The van der Waals surface area contributed by atoms with Crippen molar-refractivity contribution in [3.63, 3.8) is 0 Å². The average Bonchev–Trinajstić information content (AvgIpc) is 3.81. The maximum Gasteiger partial charge on any atom is 0.143 e. The predicted octanol–water partition coefficient (Wildman–Crippen LogP) is 12.9. The van der Waals surface area contributed by atoms with E-state index in [2.05, 4.69) is 168 Å². The molecule has 7 aromatic carbocycles. The molecule has 0 N–H and O–H groups in total. The number of rotatable bonds is 4. The first-order chi connectivity index (χ1) is 23.3. The SMILES string of the molecule is c1ccc(-c2ccc3oc4c(-c5ccccc5-c5ccc6sc7c8ccccc8n(-c8ccccc8)c7c6c5)cccc4c3c2)cc1. The van der Waals surface area contributed by atoms with Crippen molar-refractivity contribution in [2.24, 2.45) is 0 Å². The van der Waals surface area contributed by atoms with Crippen molar-refractivity contribution in [1.29, 1.82) is 0 Å². The number of furan rings is 1. The summed E-state index contributed by atoms with van der Waals surface area (Å²) >= 11 is 1.88. The average molecular weight is 618 g/mol. The van der Waals surface area contributed by atoms with Crippen molar-refractivity contribution in [2.45, 2.75) is 0 Å². The Morgan fingerprint density at radius 3 is 2.00 bits per heavy atom. The lowest BCUT2D eigenvalue weighted by Crippen LogP contribution is -1.93. The highest BCUT2D eigenvalue weighted by Gasteiger charge is 2.20. The third-order valence-corrected chi connectivity index (χ3v) is 10.6. The van der Waals surface area contributed by atoms with Gasteiger partial charge in [0.25, 0.3) is 0 Å². The van der Waals surface area contributed by atoms with Crippen LogP contribution in [0.25, 0.3) is 92.2 Å². The molecule has 0 atom stereocenters. The molecule has 0 saturated carbocycles. The Balaban J connectivity index is 1.18. The van der Waals surface area contributed by atoms with Crippen molar-refractivity contribution in [3.05, 3.63) is 164 Å². The van der Waals surface area contributed by atoms with E-state index in [1.165, 1.54) is 59.1 Å². The third-order valence-electron chi connectivity index (χ3n) is 9.42. The molecular formula is C44H27NOS. The molecule has 2 nitrogen and oxygen atoms in total. The molecule has 0 fully saturated rings. The lowest BCUT2D eigenvalue weighted by Gasteiger charge is -2.12. The second-order valence-corrected chi connectivity index (χ2v) is 13.1. The molecular weight excluding hydrogens is 591 g/mol. The summed E-state index contributed by atoms with van der Waals surface area (Å²) in [7, 11) is 0. The maximum absolute atomic E-state index is 6.63. The molecule has 220 valence electrons. The number of hydrogen-bond acceptors (Lipinski definition) is 2. The molecule has 10 aromatic rings. The molecule has 3 heteroatoms. The van der Waals surface area contributed by atoms with Gasteiger partial charge in [-0.25, -0.2) is 0 Å². The zero-order valence-corrected chi connectivity index (χ0v) is 26.2. The smallest absolute Gasteiger partial charge is 0.143 e. The van der Waals surface area contributed by atoms with Crippen molar-refractivity contribution < 1.29 is 4.42 Å². The molecule has 0 spiro atoms. The Hall–Kier alpha value is -5.90. The molecule has 0 amide bonds. The van der Waals surface area contributed by atoms with Crippen LogP contribution in [-0.4, -0.2) is 4.57 Å². The van der Waals surface area contributed by atoms with E-state index in [1.807, 2.05) is 11.3 Å². The van der Waals surface area contributed by atoms with Gasteiger partial charge in [0.15, 0.2) is 0 Å². The van der Waals surface area contributed by atoms with Gasteiger partial charge in [0.2, 0.25) is 0 Å². The number of aromatic nitrogens is 1. The van der Waals surface area contributed by atoms with Crippen LogP contribution in [-0.2, 0) is 0 Å². The van der Waals surface area contributed by atoms with Crippen molar-refractivity contribution in [2.75, 3.05) is 0 Å². The molecule has 0 unspecified atom stereocenters. The van der Waals surface area contributed by atoms with E-state index in [9.17, 15) is 0 Å². The van der Waals surface area contributed by atoms with Crippen molar-refractivity contribution >= 4 is 64.5 Å². The first kappa shape index (κ1) is 26.3. The molecule has 0 saturated heterocycles. The van der Waals surface area contributed by atoms with Crippen LogP contribution in [0, 0.1) is 0 Å². The first-order valence-corrected chi connectivity index (χ1v) is 16.7. The molecule has 0 radical (unpaired) electrons. The highest BCUT2D eigenvalue weighted by atomic mass is 32.1. The van der Waals surface area contributed by atoms with E-state index >= 15 is 0 Å². The summed E-state index contributed by atoms with van der Waals surface area (Å²) in [5.74, 6) is 0. The Bertz CT molecular complexity index is 2780. The van der Waals surface area contributed by atoms with Gasteiger partial charge in [0.05, 0.1) is 15.7 Å². The molecule has 10 rings (SSSR count).